The van der Waals surface area contributed by atoms with Gasteiger partial charge in [-0.2, -0.15) is 5.26 Å². The van der Waals surface area contributed by atoms with Crippen molar-refractivity contribution in [2.45, 2.75) is 12.5 Å². The molecule has 0 radical (unpaired) electrons. The second kappa shape index (κ2) is 5.39. The molecule has 2 nitrogen and oxygen atoms in total. The number of thiophene rings is 1. The van der Waals surface area contributed by atoms with Crippen LogP contribution in [-0.4, -0.2) is 0 Å². The van der Waals surface area contributed by atoms with Crippen molar-refractivity contribution in [2.24, 2.45) is 5.73 Å². The molecule has 1 aromatic heterocycles. The molecule has 0 aromatic carbocycles. The lowest BCUT2D eigenvalue weighted by Gasteiger charge is -2.01. The third-order valence-electron chi connectivity index (χ3n) is 1.27. The number of halogens is 2. The van der Waals surface area contributed by atoms with Crippen molar-refractivity contribution in [2.75, 3.05) is 0 Å². The van der Waals surface area contributed by atoms with Crippen molar-refractivity contribution in [3.05, 3.63) is 21.3 Å². The number of hydrogen-bond acceptors (Lipinski definition) is 3. The van der Waals surface area contributed by atoms with Crippen molar-refractivity contribution in [3.8, 4) is 6.07 Å². The van der Waals surface area contributed by atoms with Crippen molar-refractivity contribution >= 4 is 35.3 Å². The molecule has 0 aliphatic heterocycles. The third kappa shape index (κ3) is 3.00. The zero-order valence-corrected chi connectivity index (χ0v) is 8.55. The highest BCUT2D eigenvalue weighted by atomic mass is 35.5. The van der Waals surface area contributed by atoms with Crippen LogP contribution in [0.5, 0.6) is 0 Å². The molecule has 0 saturated carbocycles. The van der Waals surface area contributed by atoms with Crippen LogP contribution in [0.1, 0.15) is 17.3 Å². The number of nitriles is 1. The van der Waals surface area contributed by atoms with Crippen LogP contribution in [0.4, 0.5) is 0 Å². The Morgan fingerprint density at radius 3 is 2.75 bits per heavy atom. The molecule has 0 bridgehead atoms. The molecule has 5 heteroatoms. The first-order valence-electron chi connectivity index (χ1n) is 3.12. The summed E-state index contributed by atoms with van der Waals surface area (Å²) in [5, 5.41) is 8.35. The van der Waals surface area contributed by atoms with Crippen LogP contribution in [0, 0.1) is 11.3 Å². The van der Waals surface area contributed by atoms with E-state index in [9.17, 15) is 0 Å². The molecule has 0 aliphatic carbocycles. The molecule has 1 heterocycles. The van der Waals surface area contributed by atoms with Gasteiger partial charge in [0, 0.05) is 4.88 Å². The Balaban J connectivity index is 0.00000121. The maximum absolute atomic E-state index is 8.35. The molecule has 0 spiro atoms. The SMILES string of the molecule is Cl.N#CC[C@@H](N)c1ccc(Cl)s1. The van der Waals surface area contributed by atoms with Crippen LogP contribution in [0.25, 0.3) is 0 Å². The number of nitrogens with zero attached hydrogens (tertiary/aromatic N) is 1. The van der Waals surface area contributed by atoms with Crippen molar-refractivity contribution in [3.63, 3.8) is 0 Å². The molecule has 1 rings (SSSR count). The molecular weight excluding hydrogens is 215 g/mol. The van der Waals surface area contributed by atoms with E-state index in [4.69, 9.17) is 22.6 Å². The zero-order valence-electron chi connectivity index (χ0n) is 6.16. The van der Waals surface area contributed by atoms with Crippen LogP contribution in [0.2, 0.25) is 4.34 Å². The Kier molecular flexibility index (Phi) is 5.27. The highest BCUT2D eigenvalue weighted by Gasteiger charge is 2.06. The summed E-state index contributed by atoms with van der Waals surface area (Å²) in [6.45, 7) is 0. The minimum atomic E-state index is -0.183. The van der Waals surface area contributed by atoms with Crippen LogP contribution in [0.3, 0.4) is 0 Å². The van der Waals surface area contributed by atoms with Gasteiger partial charge in [-0.15, -0.1) is 23.7 Å². The first-order valence-corrected chi connectivity index (χ1v) is 4.31. The molecule has 0 saturated heterocycles. The second-order valence-corrected chi connectivity index (χ2v) is 3.86. The standard InChI is InChI=1S/C7H7ClN2S.ClH/c8-7-2-1-6(11-7)5(10)3-4-9;/h1-2,5H,3,10H2;1H/t5-;/m1./s1. The minimum Gasteiger partial charge on any atom is -0.322 e. The lowest BCUT2D eigenvalue weighted by molar-refractivity contribution is 0.765. The predicted octanol–water partition coefficient (Wildman–Crippen LogP) is 2.74. The fourth-order valence-electron chi connectivity index (χ4n) is 0.727. The molecule has 0 unspecified atom stereocenters. The number of rotatable bonds is 2. The average molecular weight is 223 g/mol. The van der Waals surface area contributed by atoms with Crippen LogP contribution in [0.15, 0.2) is 12.1 Å². The first kappa shape index (κ1) is 11.7. The number of nitrogens with two attached hydrogens (primary N) is 1. The highest BCUT2D eigenvalue weighted by molar-refractivity contribution is 7.16. The predicted molar refractivity (Wildman–Crippen MR) is 53.7 cm³/mol. The largest absolute Gasteiger partial charge is 0.322 e. The quantitative estimate of drug-likeness (QED) is 0.837. The van der Waals surface area contributed by atoms with Gasteiger partial charge in [0.15, 0.2) is 0 Å². The summed E-state index contributed by atoms with van der Waals surface area (Å²) in [6.07, 6.45) is 0.344. The van der Waals surface area contributed by atoms with E-state index in [0.717, 1.165) is 4.88 Å². The van der Waals surface area contributed by atoms with Crippen molar-refractivity contribution in [1.29, 1.82) is 5.26 Å². The Morgan fingerprint density at radius 1 is 1.67 bits per heavy atom. The fraction of sp³-hybridized carbons (Fsp3) is 0.286. The van der Waals surface area contributed by atoms with Crippen LogP contribution < -0.4 is 5.73 Å². The van der Waals surface area contributed by atoms with Gasteiger partial charge in [-0.3, -0.25) is 0 Å². The van der Waals surface area contributed by atoms with E-state index in [-0.39, 0.29) is 18.4 Å². The maximum Gasteiger partial charge on any atom is 0.0931 e. The second-order valence-electron chi connectivity index (χ2n) is 2.11. The molecule has 12 heavy (non-hydrogen) atoms. The Morgan fingerprint density at radius 2 is 2.33 bits per heavy atom. The monoisotopic (exact) mass is 222 g/mol. The molecule has 0 amide bonds. The van der Waals surface area contributed by atoms with E-state index in [1.165, 1.54) is 11.3 Å². The van der Waals surface area contributed by atoms with Gasteiger partial charge in [-0.1, -0.05) is 11.6 Å². The summed E-state index contributed by atoms with van der Waals surface area (Å²) in [4.78, 5) is 0.969. The summed E-state index contributed by atoms with van der Waals surface area (Å²) in [6, 6.07) is 5.48. The van der Waals surface area contributed by atoms with E-state index in [2.05, 4.69) is 0 Å². The van der Waals surface area contributed by atoms with E-state index in [0.29, 0.717) is 10.8 Å². The summed E-state index contributed by atoms with van der Waals surface area (Å²) in [5.74, 6) is 0. The molecular formula is C7H8Cl2N2S. The van der Waals surface area contributed by atoms with E-state index in [1.807, 2.05) is 12.1 Å². The maximum atomic E-state index is 8.35. The van der Waals surface area contributed by atoms with Gasteiger partial charge in [0.05, 0.1) is 22.9 Å². The average Bonchev–Trinajstić information content (AvgIpc) is 2.36. The fourth-order valence-corrected chi connectivity index (χ4v) is 1.79. The summed E-state index contributed by atoms with van der Waals surface area (Å²) in [5.41, 5.74) is 5.65. The van der Waals surface area contributed by atoms with Gasteiger partial charge in [0.1, 0.15) is 0 Å². The van der Waals surface area contributed by atoms with Crippen LogP contribution >= 0.6 is 35.3 Å². The summed E-state index contributed by atoms with van der Waals surface area (Å²) in [7, 11) is 0. The van der Waals surface area contributed by atoms with Gasteiger partial charge in [-0.05, 0) is 12.1 Å². The van der Waals surface area contributed by atoms with Crippen LogP contribution in [-0.2, 0) is 0 Å². The highest BCUT2D eigenvalue weighted by Crippen LogP contribution is 2.26. The molecule has 2 N–H and O–H groups in total. The third-order valence-corrected chi connectivity index (χ3v) is 2.63. The van der Waals surface area contributed by atoms with Gasteiger partial charge in [0.2, 0.25) is 0 Å². The van der Waals surface area contributed by atoms with Crippen molar-refractivity contribution < 1.29 is 0 Å². The minimum absolute atomic E-state index is 0. The van der Waals surface area contributed by atoms with Crippen molar-refractivity contribution in [1.82, 2.24) is 0 Å². The van der Waals surface area contributed by atoms with Gasteiger partial charge in [0.25, 0.3) is 0 Å². The topological polar surface area (TPSA) is 49.8 Å². The molecule has 0 aliphatic rings. The lowest BCUT2D eigenvalue weighted by Crippen LogP contribution is -2.06. The Bertz CT molecular complexity index is 279. The van der Waals surface area contributed by atoms with E-state index >= 15 is 0 Å². The van der Waals surface area contributed by atoms with Gasteiger partial charge < -0.3 is 5.73 Å². The molecule has 1 aromatic rings. The summed E-state index contributed by atoms with van der Waals surface area (Å²) >= 11 is 7.11. The lowest BCUT2D eigenvalue weighted by atomic mass is 10.2. The van der Waals surface area contributed by atoms with Gasteiger partial charge >= 0.3 is 0 Å². The molecule has 0 fully saturated rings. The van der Waals surface area contributed by atoms with E-state index in [1.54, 1.807) is 6.07 Å². The summed E-state index contributed by atoms with van der Waals surface area (Å²) < 4.78 is 0.716. The smallest absolute Gasteiger partial charge is 0.0931 e. The molecule has 66 valence electrons. The normalized spacial score (nSPS) is 11.4. The first-order chi connectivity index (χ1) is 5.24. The Hall–Kier alpha value is -0.270. The zero-order chi connectivity index (χ0) is 8.27. The Labute approximate surface area is 86.4 Å². The molecule has 1 atom stereocenters. The van der Waals surface area contributed by atoms with Gasteiger partial charge in [-0.25, -0.2) is 0 Å². The number of hydrogen-bond donors (Lipinski definition) is 1. The van der Waals surface area contributed by atoms with E-state index < -0.39 is 0 Å².